The Bertz CT molecular complexity index is 171. The molecule has 70 valence electrons. The van der Waals surface area contributed by atoms with Crippen LogP contribution >= 0.6 is 0 Å². The van der Waals surface area contributed by atoms with Crippen molar-refractivity contribution in [2.45, 2.75) is 50.7 Å². The summed E-state index contributed by atoms with van der Waals surface area (Å²) < 4.78 is 6.16. The van der Waals surface area contributed by atoms with Crippen molar-refractivity contribution in [3.8, 4) is 0 Å². The molecule has 1 spiro atoms. The molecule has 2 fully saturated rings. The second-order valence-corrected chi connectivity index (χ2v) is 4.86. The van der Waals surface area contributed by atoms with Gasteiger partial charge in [0.05, 0.1) is 11.2 Å². The average Bonchev–Trinajstić information content (AvgIpc) is 2.34. The second-order valence-electron chi connectivity index (χ2n) is 4.86. The van der Waals surface area contributed by atoms with Crippen molar-refractivity contribution in [1.29, 1.82) is 0 Å². The maximum absolute atomic E-state index is 6.16. The van der Waals surface area contributed by atoms with E-state index >= 15 is 0 Å². The first-order chi connectivity index (χ1) is 5.62. The predicted octanol–water partition coefficient (Wildman–Crippen LogP) is 1.70. The van der Waals surface area contributed by atoms with Crippen LogP contribution in [0.1, 0.15) is 39.5 Å². The van der Waals surface area contributed by atoms with Gasteiger partial charge in [-0.2, -0.15) is 0 Å². The smallest absolute Gasteiger partial charge is 0.0814 e. The topological polar surface area (TPSA) is 21.3 Å². The van der Waals surface area contributed by atoms with Crippen molar-refractivity contribution < 1.29 is 4.74 Å². The van der Waals surface area contributed by atoms with Gasteiger partial charge in [0.25, 0.3) is 0 Å². The minimum atomic E-state index is 0.0442. The molecule has 1 heterocycles. The molecule has 0 bridgehead atoms. The molecular weight excluding hydrogens is 150 g/mol. The zero-order chi connectivity index (χ0) is 8.66. The summed E-state index contributed by atoms with van der Waals surface area (Å²) in [6.07, 6.45) is 5.20. The van der Waals surface area contributed by atoms with E-state index in [9.17, 15) is 0 Å². The molecule has 0 amide bonds. The van der Waals surface area contributed by atoms with Gasteiger partial charge in [-0.25, -0.2) is 0 Å². The number of rotatable bonds is 0. The average molecular weight is 169 g/mol. The van der Waals surface area contributed by atoms with Gasteiger partial charge in [0.1, 0.15) is 0 Å². The number of ether oxygens (including phenoxy) is 1. The van der Waals surface area contributed by atoms with Gasteiger partial charge in [0.15, 0.2) is 0 Å². The molecule has 0 aromatic rings. The fraction of sp³-hybridized carbons (Fsp3) is 1.00. The monoisotopic (exact) mass is 169 g/mol. The summed E-state index contributed by atoms with van der Waals surface area (Å²) in [7, 11) is 0. The van der Waals surface area contributed by atoms with Crippen LogP contribution in [0.5, 0.6) is 0 Å². The van der Waals surface area contributed by atoms with Gasteiger partial charge >= 0.3 is 0 Å². The van der Waals surface area contributed by atoms with Crippen LogP contribution in [0.3, 0.4) is 0 Å². The maximum Gasteiger partial charge on any atom is 0.0814 e. The largest absolute Gasteiger partial charge is 0.366 e. The summed E-state index contributed by atoms with van der Waals surface area (Å²) in [5, 5.41) is 3.48. The Balaban J connectivity index is 2.07. The fourth-order valence-corrected chi connectivity index (χ4v) is 2.55. The zero-order valence-electron chi connectivity index (χ0n) is 8.15. The van der Waals surface area contributed by atoms with Crippen LogP contribution in [0.25, 0.3) is 0 Å². The van der Waals surface area contributed by atoms with Gasteiger partial charge in [-0.05, 0) is 26.7 Å². The molecule has 2 rings (SSSR count). The first-order valence-electron chi connectivity index (χ1n) is 5.03. The summed E-state index contributed by atoms with van der Waals surface area (Å²) in [5.74, 6) is 0. The summed E-state index contributed by atoms with van der Waals surface area (Å²) in [5.41, 5.74) is 0.240. The SMILES string of the molecule is CC1(C)CNCC2(CCCC2)O1. The van der Waals surface area contributed by atoms with Crippen LogP contribution in [0.4, 0.5) is 0 Å². The normalized spacial score (nSPS) is 32.5. The summed E-state index contributed by atoms with van der Waals surface area (Å²) in [6.45, 7) is 6.42. The van der Waals surface area contributed by atoms with E-state index in [1.165, 1.54) is 25.7 Å². The minimum Gasteiger partial charge on any atom is -0.366 e. The third-order valence-corrected chi connectivity index (χ3v) is 3.01. The molecule has 1 saturated heterocycles. The van der Waals surface area contributed by atoms with E-state index in [-0.39, 0.29) is 11.2 Å². The van der Waals surface area contributed by atoms with Crippen LogP contribution in [0.15, 0.2) is 0 Å². The molecule has 12 heavy (non-hydrogen) atoms. The Morgan fingerprint density at radius 2 is 1.75 bits per heavy atom. The van der Waals surface area contributed by atoms with E-state index in [1.807, 2.05) is 0 Å². The van der Waals surface area contributed by atoms with Crippen LogP contribution < -0.4 is 5.32 Å². The molecule has 1 aliphatic heterocycles. The number of morpholine rings is 1. The van der Waals surface area contributed by atoms with E-state index in [1.54, 1.807) is 0 Å². The third kappa shape index (κ3) is 1.50. The highest BCUT2D eigenvalue weighted by atomic mass is 16.5. The second kappa shape index (κ2) is 2.71. The van der Waals surface area contributed by atoms with Crippen molar-refractivity contribution >= 4 is 0 Å². The molecule has 0 aromatic heterocycles. The number of hydrogen-bond acceptors (Lipinski definition) is 2. The number of nitrogens with one attached hydrogen (secondary N) is 1. The summed E-state index contributed by atoms with van der Waals surface area (Å²) >= 11 is 0. The van der Waals surface area contributed by atoms with Crippen molar-refractivity contribution in [3.63, 3.8) is 0 Å². The summed E-state index contributed by atoms with van der Waals surface area (Å²) in [6, 6.07) is 0. The van der Waals surface area contributed by atoms with Gasteiger partial charge in [0.2, 0.25) is 0 Å². The van der Waals surface area contributed by atoms with Crippen molar-refractivity contribution in [1.82, 2.24) is 5.32 Å². The quantitative estimate of drug-likeness (QED) is 0.596. The van der Waals surface area contributed by atoms with Gasteiger partial charge in [-0.15, -0.1) is 0 Å². The molecule has 2 heteroatoms. The lowest BCUT2D eigenvalue weighted by molar-refractivity contribution is -0.157. The highest BCUT2D eigenvalue weighted by molar-refractivity contribution is 4.95. The van der Waals surface area contributed by atoms with E-state index in [4.69, 9.17) is 4.74 Å². The lowest BCUT2D eigenvalue weighted by Gasteiger charge is -2.43. The third-order valence-electron chi connectivity index (χ3n) is 3.01. The van der Waals surface area contributed by atoms with Gasteiger partial charge in [-0.3, -0.25) is 0 Å². The molecule has 0 atom stereocenters. The molecule has 1 saturated carbocycles. The van der Waals surface area contributed by atoms with Crippen molar-refractivity contribution in [2.24, 2.45) is 0 Å². The van der Waals surface area contributed by atoms with E-state index in [0.717, 1.165) is 13.1 Å². The van der Waals surface area contributed by atoms with Crippen molar-refractivity contribution in [2.75, 3.05) is 13.1 Å². The highest BCUT2D eigenvalue weighted by Crippen LogP contribution is 2.37. The van der Waals surface area contributed by atoms with Crippen LogP contribution in [-0.4, -0.2) is 24.3 Å². The Hall–Kier alpha value is -0.0800. The van der Waals surface area contributed by atoms with Gasteiger partial charge in [-0.1, -0.05) is 12.8 Å². The van der Waals surface area contributed by atoms with Gasteiger partial charge in [0, 0.05) is 13.1 Å². The Morgan fingerprint density at radius 1 is 1.08 bits per heavy atom. The Morgan fingerprint density at radius 3 is 2.33 bits per heavy atom. The van der Waals surface area contributed by atoms with Crippen LogP contribution in [-0.2, 0) is 4.74 Å². The van der Waals surface area contributed by atoms with E-state index in [0.29, 0.717) is 0 Å². The molecule has 0 radical (unpaired) electrons. The molecule has 1 aliphatic carbocycles. The number of hydrogen-bond donors (Lipinski definition) is 1. The molecular formula is C10H19NO. The highest BCUT2D eigenvalue weighted by Gasteiger charge is 2.42. The Labute approximate surface area is 74.7 Å². The standard InChI is InChI=1S/C10H19NO/c1-9(2)7-11-8-10(12-9)5-3-4-6-10/h11H,3-8H2,1-2H3. The lowest BCUT2D eigenvalue weighted by atomic mass is 9.96. The van der Waals surface area contributed by atoms with Gasteiger partial charge < -0.3 is 10.1 Å². The molecule has 0 aromatic carbocycles. The lowest BCUT2D eigenvalue weighted by Crippen LogP contribution is -2.56. The minimum absolute atomic E-state index is 0.0442. The zero-order valence-corrected chi connectivity index (χ0v) is 8.15. The molecule has 2 nitrogen and oxygen atoms in total. The van der Waals surface area contributed by atoms with Crippen LogP contribution in [0, 0.1) is 0 Å². The molecule has 1 N–H and O–H groups in total. The van der Waals surface area contributed by atoms with E-state index < -0.39 is 0 Å². The molecule has 2 aliphatic rings. The van der Waals surface area contributed by atoms with Crippen LogP contribution in [0.2, 0.25) is 0 Å². The first kappa shape index (κ1) is 8.52. The summed E-state index contributed by atoms with van der Waals surface area (Å²) in [4.78, 5) is 0. The maximum atomic E-state index is 6.16. The fourth-order valence-electron chi connectivity index (χ4n) is 2.55. The first-order valence-corrected chi connectivity index (χ1v) is 5.03. The predicted molar refractivity (Wildman–Crippen MR) is 49.2 cm³/mol. The molecule has 0 unspecified atom stereocenters. The van der Waals surface area contributed by atoms with Crippen molar-refractivity contribution in [3.05, 3.63) is 0 Å². The Kier molecular flexibility index (Phi) is 1.92. The van der Waals surface area contributed by atoms with E-state index in [2.05, 4.69) is 19.2 Å².